The Morgan fingerprint density at radius 2 is 2.12 bits per heavy atom. The molecule has 24 heavy (non-hydrogen) atoms. The first-order valence-electron chi connectivity index (χ1n) is 7.45. The first-order chi connectivity index (χ1) is 11.3. The van der Waals surface area contributed by atoms with Crippen molar-refractivity contribution in [2.24, 2.45) is 7.05 Å². The first-order valence-corrected chi connectivity index (χ1v) is 7.45. The van der Waals surface area contributed by atoms with Crippen LogP contribution in [0.4, 0.5) is 13.2 Å². The van der Waals surface area contributed by atoms with Crippen LogP contribution >= 0.6 is 0 Å². The normalized spacial score (nSPS) is 18.9. The van der Waals surface area contributed by atoms with Gasteiger partial charge in [0.15, 0.2) is 5.69 Å². The number of nitrogens with zero attached hydrogens (tertiary/aromatic N) is 5. The lowest BCUT2D eigenvalue weighted by atomic mass is 9.97. The molecule has 10 heteroatoms. The molecule has 1 fully saturated rings. The third-order valence-electron chi connectivity index (χ3n) is 4.00. The number of hydrogen-bond acceptors (Lipinski definition) is 5. The van der Waals surface area contributed by atoms with Gasteiger partial charge in [-0.2, -0.15) is 18.2 Å². The van der Waals surface area contributed by atoms with Gasteiger partial charge in [0.05, 0.1) is 0 Å². The number of halogens is 3. The van der Waals surface area contributed by atoms with Crippen LogP contribution in [0.5, 0.6) is 0 Å². The standard InChI is InChI=1S/C14H16F3N5O2/c1-8-18-11(20-24-8)13(23)22-5-3-4-9(6-22)12-19-10(7-21(12)2)14(15,16)17/h7,9H,3-6H2,1-2H3/t9-/m0/s1. The summed E-state index contributed by atoms with van der Waals surface area (Å²) in [5.41, 5.74) is -0.919. The Kier molecular flexibility index (Phi) is 4.06. The molecule has 2 aromatic heterocycles. The summed E-state index contributed by atoms with van der Waals surface area (Å²) in [6, 6.07) is 0. The maximum atomic E-state index is 12.8. The predicted octanol–water partition coefficient (Wildman–Crippen LogP) is 2.15. The molecule has 0 unspecified atom stereocenters. The number of piperidine rings is 1. The summed E-state index contributed by atoms with van der Waals surface area (Å²) in [7, 11) is 1.53. The fraction of sp³-hybridized carbons (Fsp3) is 0.571. The zero-order chi connectivity index (χ0) is 17.5. The number of rotatable bonds is 2. The second kappa shape index (κ2) is 5.91. The van der Waals surface area contributed by atoms with E-state index in [0.717, 1.165) is 6.20 Å². The molecule has 1 amide bonds. The molecular weight excluding hydrogens is 327 g/mol. The topological polar surface area (TPSA) is 77.1 Å². The van der Waals surface area contributed by atoms with Gasteiger partial charge in [-0.1, -0.05) is 5.16 Å². The van der Waals surface area contributed by atoms with Gasteiger partial charge in [-0.25, -0.2) is 4.98 Å². The number of carbonyl (C=O) groups excluding carboxylic acids is 1. The van der Waals surface area contributed by atoms with Crippen LogP contribution in [0, 0.1) is 6.92 Å². The molecular formula is C14H16F3N5O2. The van der Waals surface area contributed by atoms with Crippen molar-refractivity contribution in [2.45, 2.75) is 31.9 Å². The number of aryl methyl sites for hydroxylation is 2. The zero-order valence-corrected chi connectivity index (χ0v) is 13.2. The molecule has 3 rings (SSSR count). The van der Waals surface area contributed by atoms with Crippen LogP contribution in [0.2, 0.25) is 0 Å². The van der Waals surface area contributed by atoms with E-state index >= 15 is 0 Å². The number of aromatic nitrogens is 4. The van der Waals surface area contributed by atoms with Crippen molar-refractivity contribution in [3.63, 3.8) is 0 Å². The van der Waals surface area contributed by atoms with Gasteiger partial charge in [-0.15, -0.1) is 0 Å². The van der Waals surface area contributed by atoms with E-state index in [-0.39, 0.29) is 30.1 Å². The minimum absolute atomic E-state index is 0.0380. The lowest BCUT2D eigenvalue weighted by Gasteiger charge is -2.31. The van der Waals surface area contributed by atoms with E-state index in [0.29, 0.717) is 25.2 Å². The Bertz CT molecular complexity index is 752. The van der Waals surface area contributed by atoms with Crippen molar-refractivity contribution >= 4 is 5.91 Å². The van der Waals surface area contributed by atoms with E-state index < -0.39 is 11.9 Å². The van der Waals surface area contributed by atoms with Crippen LogP contribution in [-0.4, -0.2) is 43.6 Å². The predicted molar refractivity (Wildman–Crippen MR) is 75.1 cm³/mol. The third-order valence-corrected chi connectivity index (χ3v) is 4.00. The van der Waals surface area contributed by atoms with Crippen molar-refractivity contribution < 1.29 is 22.5 Å². The molecule has 0 aromatic carbocycles. The SMILES string of the molecule is Cc1nc(C(=O)N2CCC[C@H](c3nc(C(F)(F)F)cn3C)C2)no1. The van der Waals surface area contributed by atoms with E-state index in [1.807, 2.05) is 0 Å². The van der Waals surface area contributed by atoms with E-state index in [1.54, 1.807) is 6.92 Å². The molecule has 0 spiro atoms. The van der Waals surface area contributed by atoms with Gasteiger partial charge in [0.2, 0.25) is 5.89 Å². The summed E-state index contributed by atoms with van der Waals surface area (Å²) >= 11 is 0. The van der Waals surface area contributed by atoms with Crippen molar-refractivity contribution in [2.75, 3.05) is 13.1 Å². The van der Waals surface area contributed by atoms with Crippen LogP contribution in [0.25, 0.3) is 0 Å². The molecule has 0 N–H and O–H groups in total. The summed E-state index contributed by atoms with van der Waals surface area (Å²) < 4.78 is 44.6. The number of imidazole rings is 1. The minimum atomic E-state index is -4.48. The van der Waals surface area contributed by atoms with Crippen molar-refractivity contribution in [3.05, 3.63) is 29.4 Å². The van der Waals surface area contributed by atoms with Gasteiger partial charge in [-0.3, -0.25) is 4.79 Å². The monoisotopic (exact) mass is 343 g/mol. The Morgan fingerprint density at radius 3 is 2.71 bits per heavy atom. The summed E-state index contributed by atoms with van der Waals surface area (Å²) in [6.45, 7) is 2.35. The van der Waals surface area contributed by atoms with Crippen LogP contribution in [-0.2, 0) is 13.2 Å². The highest BCUT2D eigenvalue weighted by Gasteiger charge is 2.36. The van der Waals surface area contributed by atoms with Crippen LogP contribution in [0.15, 0.2) is 10.7 Å². The largest absolute Gasteiger partial charge is 0.434 e. The molecule has 3 heterocycles. The summed E-state index contributed by atoms with van der Waals surface area (Å²) in [6.07, 6.45) is -2.18. The van der Waals surface area contributed by atoms with Crippen LogP contribution in [0.3, 0.4) is 0 Å². The Labute approximate surface area is 135 Å². The fourth-order valence-electron chi connectivity index (χ4n) is 2.90. The molecule has 0 aliphatic carbocycles. The van der Waals surface area contributed by atoms with Crippen molar-refractivity contribution in [3.8, 4) is 0 Å². The van der Waals surface area contributed by atoms with Crippen LogP contribution < -0.4 is 0 Å². The quantitative estimate of drug-likeness (QED) is 0.835. The highest BCUT2D eigenvalue weighted by molar-refractivity contribution is 5.90. The molecule has 0 bridgehead atoms. The second-order valence-electron chi connectivity index (χ2n) is 5.82. The minimum Gasteiger partial charge on any atom is -0.339 e. The summed E-state index contributed by atoms with van der Waals surface area (Å²) in [4.78, 5) is 21.5. The van der Waals surface area contributed by atoms with E-state index in [2.05, 4.69) is 15.1 Å². The number of amides is 1. The molecule has 0 saturated carbocycles. The van der Waals surface area contributed by atoms with Gasteiger partial charge in [-0.05, 0) is 12.8 Å². The van der Waals surface area contributed by atoms with Crippen LogP contribution in [0.1, 0.15) is 46.8 Å². The molecule has 1 saturated heterocycles. The van der Waals surface area contributed by atoms with Crippen molar-refractivity contribution in [1.82, 2.24) is 24.6 Å². The molecule has 130 valence electrons. The Morgan fingerprint density at radius 1 is 1.38 bits per heavy atom. The number of alkyl halides is 3. The molecule has 1 aliphatic heterocycles. The lowest BCUT2D eigenvalue weighted by Crippen LogP contribution is -2.40. The van der Waals surface area contributed by atoms with Gasteiger partial charge >= 0.3 is 6.18 Å². The fourth-order valence-corrected chi connectivity index (χ4v) is 2.90. The molecule has 7 nitrogen and oxygen atoms in total. The summed E-state index contributed by atoms with van der Waals surface area (Å²) in [5.74, 6) is -0.0856. The first kappa shape index (κ1) is 16.5. The van der Waals surface area contributed by atoms with Gasteiger partial charge in [0.1, 0.15) is 5.82 Å². The maximum absolute atomic E-state index is 12.8. The third kappa shape index (κ3) is 3.13. The Balaban J connectivity index is 1.79. The Hall–Kier alpha value is -2.39. The van der Waals surface area contributed by atoms with E-state index in [4.69, 9.17) is 4.52 Å². The number of likely N-dealkylation sites (tertiary alicyclic amines) is 1. The van der Waals surface area contributed by atoms with E-state index in [9.17, 15) is 18.0 Å². The number of hydrogen-bond donors (Lipinski definition) is 0. The highest BCUT2D eigenvalue weighted by Crippen LogP contribution is 2.32. The average Bonchev–Trinajstić information content (AvgIpc) is 3.12. The van der Waals surface area contributed by atoms with E-state index in [1.165, 1.54) is 16.5 Å². The smallest absolute Gasteiger partial charge is 0.339 e. The molecule has 2 aromatic rings. The summed E-state index contributed by atoms with van der Waals surface area (Å²) in [5, 5.41) is 3.60. The lowest BCUT2D eigenvalue weighted by molar-refractivity contribution is -0.141. The van der Waals surface area contributed by atoms with Crippen molar-refractivity contribution in [1.29, 1.82) is 0 Å². The van der Waals surface area contributed by atoms with Gasteiger partial charge in [0, 0.05) is 39.2 Å². The maximum Gasteiger partial charge on any atom is 0.434 e. The van der Waals surface area contributed by atoms with Gasteiger partial charge < -0.3 is 14.0 Å². The molecule has 1 aliphatic rings. The number of carbonyl (C=O) groups is 1. The average molecular weight is 343 g/mol. The molecule has 1 atom stereocenters. The molecule has 0 radical (unpaired) electrons. The zero-order valence-electron chi connectivity index (χ0n) is 13.2. The van der Waals surface area contributed by atoms with Gasteiger partial charge in [0.25, 0.3) is 11.7 Å². The second-order valence-corrected chi connectivity index (χ2v) is 5.82. The highest BCUT2D eigenvalue weighted by atomic mass is 19.4.